The van der Waals surface area contributed by atoms with E-state index in [1.165, 1.54) is 15.6 Å². The largest absolute Gasteiger partial charge is 0.355 e. The van der Waals surface area contributed by atoms with Crippen molar-refractivity contribution >= 4 is 38.8 Å². The number of aromatic nitrogens is 1. The Labute approximate surface area is 159 Å². The molecule has 1 saturated heterocycles. The number of benzene rings is 1. The van der Waals surface area contributed by atoms with Crippen LogP contribution in [0.2, 0.25) is 0 Å². The zero-order valence-electron chi connectivity index (χ0n) is 14.8. The summed E-state index contributed by atoms with van der Waals surface area (Å²) in [5, 5.41) is 3.70. The third kappa shape index (κ3) is 3.64. The minimum absolute atomic E-state index is 0.00668. The Morgan fingerprint density at radius 2 is 2.15 bits per heavy atom. The van der Waals surface area contributed by atoms with E-state index in [-0.39, 0.29) is 17.5 Å². The standard InChI is InChI=1S/C20H19F2N3OS/c1-12-9-15-18(27-12)6-7-23-19(15)25-8-2-3-13(11-25)20(26)24-17-5-4-14(21)10-16(17)22/h4-7,9-10,13H,2-3,8,11H2,1H3,(H,24,26). The fourth-order valence-electron chi connectivity index (χ4n) is 3.54. The second-order valence-corrected chi connectivity index (χ2v) is 8.09. The lowest BCUT2D eigenvalue weighted by Crippen LogP contribution is -2.41. The summed E-state index contributed by atoms with van der Waals surface area (Å²) in [6, 6.07) is 7.28. The van der Waals surface area contributed by atoms with Crippen LogP contribution in [0.1, 0.15) is 17.7 Å². The van der Waals surface area contributed by atoms with Crippen LogP contribution in [0.25, 0.3) is 10.1 Å². The molecule has 1 fully saturated rings. The molecule has 3 aromatic rings. The maximum absolute atomic E-state index is 13.8. The number of thiophene rings is 1. The molecule has 1 amide bonds. The van der Waals surface area contributed by atoms with Crippen LogP contribution < -0.4 is 10.2 Å². The molecule has 4 nitrogen and oxygen atoms in total. The van der Waals surface area contributed by atoms with Crippen molar-refractivity contribution in [3.63, 3.8) is 0 Å². The second-order valence-electron chi connectivity index (χ2n) is 6.80. The molecule has 4 rings (SSSR count). The number of halogens is 2. The van der Waals surface area contributed by atoms with Crippen molar-refractivity contribution in [2.24, 2.45) is 5.92 Å². The lowest BCUT2D eigenvalue weighted by atomic mass is 9.96. The minimum Gasteiger partial charge on any atom is -0.355 e. The van der Waals surface area contributed by atoms with Gasteiger partial charge in [0.2, 0.25) is 5.91 Å². The first-order valence-electron chi connectivity index (χ1n) is 8.87. The molecule has 0 radical (unpaired) electrons. The molecule has 1 N–H and O–H groups in total. The molecule has 0 spiro atoms. The molecule has 1 unspecified atom stereocenters. The van der Waals surface area contributed by atoms with Crippen molar-refractivity contribution in [2.75, 3.05) is 23.3 Å². The molecule has 140 valence electrons. The van der Waals surface area contributed by atoms with Crippen molar-refractivity contribution in [1.82, 2.24) is 4.98 Å². The van der Waals surface area contributed by atoms with Gasteiger partial charge in [-0.15, -0.1) is 11.3 Å². The lowest BCUT2D eigenvalue weighted by molar-refractivity contribution is -0.120. The number of fused-ring (bicyclic) bond motifs is 1. The van der Waals surface area contributed by atoms with Gasteiger partial charge >= 0.3 is 0 Å². The number of carbonyl (C=O) groups is 1. The van der Waals surface area contributed by atoms with E-state index in [1.807, 2.05) is 6.07 Å². The topological polar surface area (TPSA) is 45.2 Å². The quantitative estimate of drug-likeness (QED) is 0.706. The van der Waals surface area contributed by atoms with E-state index >= 15 is 0 Å². The van der Waals surface area contributed by atoms with Crippen LogP contribution in [0.15, 0.2) is 36.5 Å². The van der Waals surface area contributed by atoms with Gasteiger partial charge in [-0.3, -0.25) is 4.79 Å². The Balaban J connectivity index is 1.53. The zero-order valence-corrected chi connectivity index (χ0v) is 15.7. The SMILES string of the molecule is Cc1cc2c(N3CCCC(C(=O)Nc4ccc(F)cc4F)C3)nccc2s1. The van der Waals surface area contributed by atoms with Gasteiger partial charge in [0, 0.05) is 40.3 Å². The highest BCUT2D eigenvalue weighted by Gasteiger charge is 2.28. The monoisotopic (exact) mass is 387 g/mol. The highest BCUT2D eigenvalue weighted by molar-refractivity contribution is 7.19. The first-order chi connectivity index (χ1) is 13.0. The van der Waals surface area contributed by atoms with Gasteiger partial charge in [-0.1, -0.05) is 0 Å². The van der Waals surface area contributed by atoms with E-state index < -0.39 is 11.6 Å². The summed E-state index contributed by atoms with van der Waals surface area (Å²) in [5.74, 6) is -1.07. The fraction of sp³-hybridized carbons (Fsp3) is 0.300. The molecule has 1 aliphatic heterocycles. The van der Waals surface area contributed by atoms with Crippen LogP contribution in [0.4, 0.5) is 20.3 Å². The number of piperidine rings is 1. The molecule has 7 heteroatoms. The van der Waals surface area contributed by atoms with Gasteiger partial charge in [-0.05, 0) is 44.0 Å². The summed E-state index contributed by atoms with van der Waals surface area (Å²) in [5.41, 5.74) is 0.00668. The molecular formula is C20H19F2N3OS. The number of hydrogen-bond acceptors (Lipinski definition) is 4. The van der Waals surface area contributed by atoms with E-state index in [2.05, 4.69) is 28.2 Å². The number of aryl methyl sites for hydroxylation is 1. The number of hydrogen-bond donors (Lipinski definition) is 1. The molecule has 0 saturated carbocycles. The molecule has 1 aliphatic rings. The molecule has 3 heterocycles. The number of amides is 1. The third-order valence-corrected chi connectivity index (χ3v) is 5.84. The predicted octanol–water partition coefficient (Wildman–Crippen LogP) is 4.74. The summed E-state index contributed by atoms with van der Waals surface area (Å²) >= 11 is 1.72. The number of nitrogens with one attached hydrogen (secondary N) is 1. The average Bonchev–Trinajstić information content (AvgIpc) is 3.04. The van der Waals surface area contributed by atoms with Crippen LogP contribution in [0, 0.1) is 24.5 Å². The first kappa shape index (κ1) is 17.9. The van der Waals surface area contributed by atoms with Crippen LogP contribution in [0.3, 0.4) is 0 Å². The van der Waals surface area contributed by atoms with E-state index in [0.717, 1.165) is 42.7 Å². The molecule has 0 bridgehead atoms. The molecule has 2 aromatic heterocycles. The van der Waals surface area contributed by atoms with Gasteiger partial charge in [0.15, 0.2) is 0 Å². The summed E-state index contributed by atoms with van der Waals surface area (Å²) in [6.45, 7) is 3.42. The summed E-state index contributed by atoms with van der Waals surface area (Å²) in [7, 11) is 0. The van der Waals surface area contributed by atoms with Gasteiger partial charge < -0.3 is 10.2 Å². The number of pyridine rings is 1. The molecule has 1 atom stereocenters. The molecular weight excluding hydrogens is 368 g/mol. The number of nitrogens with zero attached hydrogens (tertiary/aromatic N) is 2. The lowest BCUT2D eigenvalue weighted by Gasteiger charge is -2.33. The average molecular weight is 387 g/mol. The Morgan fingerprint density at radius 1 is 1.30 bits per heavy atom. The van der Waals surface area contributed by atoms with E-state index in [1.54, 1.807) is 17.5 Å². The van der Waals surface area contributed by atoms with Crippen molar-refractivity contribution in [3.05, 3.63) is 53.0 Å². The number of anilines is 2. The van der Waals surface area contributed by atoms with E-state index in [4.69, 9.17) is 0 Å². The van der Waals surface area contributed by atoms with Crippen molar-refractivity contribution in [1.29, 1.82) is 0 Å². The van der Waals surface area contributed by atoms with E-state index in [0.29, 0.717) is 6.54 Å². The second kappa shape index (κ2) is 7.23. The van der Waals surface area contributed by atoms with Crippen LogP contribution in [-0.4, -0.2) is 24.0 Å². The first-order valence-corrected chi connectivity index (χ1v) is 9.69. The van der Waals surface area contributed by atoms with Crippen molar-refractivity contribution < 1.29 is 13.6 Å². The van der Waals surface area contributed by atoms with Gasteiger partial charge in [0.25, 0.3) is 0 Å². The Kier molecular flexibility index (Phi) is 4.78. The molecule has 1 aromatic carbocycles. The Hall–Kier alpha value is -2.54. The third-order valence-electron chi connectivity index (χ3n) is 4.83. The van der Waals surface area contributed by atoms with Gasteiger partial charge in [-0.25, -0.2) is 13.8 Å². The van der Waals surface area contributed by atoms with Gasteiger partial charge in [0.05, 0.1) is 11.6 Å². The Bertz CT molecular complexity index is 1000. The number of carbonyl (C=O) groups excluding carboxylic acids is 1. The smallest absolute Gasteiger partial charge is 0.229 e. The molecule has 0 aliphatic carbocycles. The highest BCUT2D eigenvalue weighted by Crippen LogP contribution is 2.33. The number of rotatable bonds is 3. The van der Waals surface area contributed by atoms with Gasteiger partial charge in [0.1, 0.15) is 17.5 Å². The zero-order chi connectivity index (χ0) is 19.0. The van der Waals surface area contributed by atoms with Crippen LogP contribution in [0.5, 0.6) is 0 Å². The summed E-state index contributed by atoms with van der Waals surface area (Å²) in [6.07, 6.45) is 3.38. The van der Waals surface area contributed by atoms with Crippen LogP contribution in [-0.2, 0) is 4.79 Å². The van der Waals surface area contributed by atoms with Crippen LogP contribution >= 0.6 is 11.3 Å². The predicted molar refractivity (Wildman–Crippen MR) is 104 cm³/mol. The maximum Gasteiger partial charge on any atom is 0.229 e. The molecule has 27 heavy (non-hydrogen) atoms. The van der Waals surface area contributed by atoms with Gasteiger partial charge in [-0.2, -0.15) is 0 Å². The fourth-order valence-corrected chi connectivity index (χ4v) is 4.45. The minimum atomic E-state index is -0.767. The van der Waals surface area contributed by atoms with Crippen molar-refractivity contribution in [3.8, 4) is 0 Å². The summed E-state index contributed by atoms with van der Waals surface area (Å²) in [4.78, 5) is 20.5. The maximum atomic E-state index is 13.8. The summed E-state index contributed by atoms with van der Waals surface area (Å²) < 4.78 is 28.0. The normalized spacial score (nSPS) is 17.3. The van der Waals surface area contributed by atoms with Crippen molar-refractivity contribution in [2.45, 2.75) is 19.8 Å². The Morgan fingerprint density at radius 3 is 2.96 bits per heavy atom. The highest BCUT2D eigenvalue weighted by atomic mass is 32.1. The van der Waals surface area contributed by atoms with E-state index in [9.17, 15) is 13.6 Å².